The zero-order chi connectivity index (χ0) is 22.6. The summed E-state index contributed by atoms with van der Waals surface area (Å²) in [6.45, 7) is 1.75. The molecule has 0 fully saturated rings. The lowest BCUT2D eigenvalue weighted by molar-refractivity contribution is 0.0988. The van der Waals surface area contributed by atoms with E-state index >= 15 is 0 Å². The molecule has 1 heterocycles. The second-order valence-corrected chi connectivity index (χ2v) is 8.69. The van der Waals surface area contributed by atoms with Gasteiger partial charge in [0.15, 0.2) is 17.4 Å². The predicted octanol–water partition coefficient (Wildman–Crippen LogP) is 4.72. The van der Waals surface area contributed by atoms with E-state index in [-0.39, 0.29) is 23.2 Å². The molecule has 3 aromatic rings. The number of Topliss-reactive ketones (excluding diaryl/α,β-unsaturated/α-hetero) is 1. The quantitative estimate of drug-likeness (QED) is 0.414. The van der Waals surface area contributed by atoms with E-state index < -0.39 is 15.8 Å². The number of para-hydroxylation sites is 2. The SMILES string of the molecule is CCC(=O)c1ccc(Cl)c(Nc2ncc(F)c(Nc3ccccc3NS(C)(=O)=O)n2)c1. The average molecular weight is 464 g/mol. The van der Waals surface area contributed by atoms with Crippen molar-refractivity contribution in [1.29, 1.82) is 0 Å². The Labute approximate surface area is 183 Å². The predicted molar refractivity (Wildman–Crippen MR) is 120 cm³/mol. The van der Waals surface area contributed by atoms with Gasteiger partial charge in [-0.15, -0.1) is 0 Å². The Morgan fingerprint density at radius 1 is 1.10 bits per heavy atom. The number of carbonyl (C=O) groups excluding carboxylic acids is 1. The molecule has 0 amide bonds. The van der Waals surface area contributed by atoms with Crippen LogP contribution in [-0.2, 0) is 10.0 Å². The van der Waals surface area contributed by atoms with Gasteiger partial charge in [0.05, 0.1) is 34.5 Å². The summed E-state index contributed by atoms with van der Waals surface area (Å²) in [6.07, 6.45) is 2.31. The summed E-state index contributed by atoms with van der Waals surface area (Å²) in [5, 5.41) is 5.97. The molecule has 0 aliphatic carbocycles. The molecule has 162 valence electrons. The second kappa shape index (κ2) is 9.27. The van der Waals surface area contributed by atoms with Crippen molar-refractivity contribution >= 4 is 56.2 Å². The van der Waals surface area contributed by atoms with Crippen LogP contribution in [0.1, 0.15) is 23.7 Å². The molecular weight excluding hydrogens is 445 g/mol. The number of rotatable bonds is 8. The molecule has 3 rings (SSSR count). The molecule has 0 spiro atoms. The van der Waals surface area contributed by atoms with Crippen LogP contribution in [0.3, 0.4) is 0 Å². The van der Waals surface area contributed by atoms with Gasteiger partial charge in [-0.3, -0.25) is 9.52 Å². The van der Waals surface area contributed by atoms with Crippen LogP contribution in [-0.4, -0.2) is 30.4 Å². The lowest BCUT2D eigenvalue weighted by Crippen LogP contribution is -2.11. The van der Waals surface area contributed by atoms with E-state index in [1.165, 1.54) is 6.07 Å². The van der Waals surface area contributed by atoms with Gasteiger partial charge in [-0.25, -0.2) is 17.8 Å². The third kappa shape index (κ3) is 5.89. The average Bonchev–Trinajstić information content (AvgIpc) is 2.72. The van der Waals surface area contributed by atoms with Crippen LogP contribution < -0.4 is 15.4 Å². The Morgan fingerprint density at radius 3 is 2.48 bits per heavy atom. The Bertz CT molecular complexity index is 1240. The molecule has 2 aromatic carbocycles. The largest absolute Gasteiger partial charge is 0.336 e. The Morgan fingerprint density at radius 2 is 1.81 bits per heavy atom. The van der Waals surface area contributed by atoms with Crippen LogP contribution in [0.4, 0.5) is 33.2 Å². The fourth-order valence-electron chi connectivity index (χ4n) is 2.64. The van der Waals surface area contributed by atoms with Crippen molar-refractivity contribution in [2.75, 3.05) is 21.6 Å². The molecule has 31 heavy (non-hydrogen) atoms. The number of nitrogens with zero attached hydrogens (tertiary/aromatic N) is 2. The topological polar surface area (TPSA) is 113 Å². The van der Waals surface area contributed by atoms with E-state index in [1.807, 2.05) is 0 Å². The van der Waals surface area contributed by atoms with Crippen LogP contribution in [0.15, 0.2) is 48.7 Å². The molecule has 0 aliphatic rings. The van der Waals surface area contributed by atoms with Gasteiger partial charge in [-0.1, -0.05) is 30.7 Å². The fourth-order valence-corrected chi connectivity index (χ4v) is 3.38. The van der Waals surface area contributed by atoms with Crippen molar-refractivity contribution in [2.24, 2.45) is 0 Å². The minimum Gasteiger partial charge on any atom is -0.336 e. The number of anilines is 5. The van der Waals surface area contributed by atoms with Crippen LogP contribution in [0.2, 0.25) is 5.02 Å². The molecule has 0 unspecified atom stereocenters. The molecule has 0 atom stereocenters. The fraction of sp³-hybridized carbons (Fsp3) is 0.150. The van der Waals surface area contributed by atoms with E-state index in [9.17, 15) is 17.6 Å². The number of aromatic nitrogens is 2. The number of hydrogen-bond acceptors (Lipinski definition) is 7. The molecule has 0 aliphatic heterocycles. The van der Waals surface area contributed by atoms with E-state index in [4.69, 9.17) is 11.6 Å². The van der Waals surface area contributed by atoms with Crippen molar-refractivity contribution < 1.29 is 17.6 Å². The van der Waals surface area contributed by atoms with Crippen LogP contribution in [0.5, 0.6) is 0 Å². The summed E-state index contributed by atoms with van der Waals surface area (Å²) in [5.41, 5.74) is 1.38. The number of hydrogen-bond donors (Lipinski definition) is 3. The van der Waals surface area contributed by atoms with E-state index in [0.29, 0.717) is 28.4 Å². The van der Waals surface area contributed by atoms with Crippen LogP contribution in [0.25, 0.3) is 0 Å². The summed E-state index contributed by atoms with van der Waals surface area (Å²) in [4.78, 5) is 20.0. The molecule has 0 bridgehead atoms. The maximum absolute atomic E-state index is 14.3. The highest BCUT2D eigenvalue weighted by Crippen LogP contribution is 2.29. The molecule has 8 nitrogen and oxygen atoms in total. The molecule has 0 saturated carbocycles. The van der Waals surface area contributed by atoms with E-state index in [2.05, 4.69) is 25.3 Å². The first-order valence-electron chi connectivity index (χ1n) is 9.12. The van der Waals surface area contributed by atoms with Crippen molar-refractivity contribution in [3.8, 4) is 0 Å². The number of sulfonamides is 1. The summed E-state index contributed by atoms with van der Waals surface area (Å²) in [5.74, 6) is -0.963. The van der Waals surface area contributed by atoms with Crippen LogP contribution in [0, 0.1) is 5.82 Å². The molecule has 11 heteroatoms. The third-order valence-electron chi connectivity index (χ3n) is 4.08. The first-order valence-corrected chi connectivity index (χ1v) is 11.4. The van der Waals surface area contributed by atoms with Gasteiger partial charge >= 0.3 is 0 Å². The van der Waals surface area contributed by atoms with E-state index in [0.717, 1.165) is 12.5 Å². The Kier molecular flexibility index (Phi) is 6.71. The standard InChI is InChI=1S/C20H19ClFN5O3S/c1-3-18(28)12-8-9-13(21)17(10-12)25-20-23-11-14(22)19(26-20)24-15-6-4-5-7-16(15)27-31(2,29)30/h4-11,27H,3H2,1-2H3,(H2,23,24,25,26). The number of nitrogens with one attached hydrogen (secondary N) is 3. The van der Waals surface area contributed by atoms with Crippen LogP contribution >= 0.6 is 11.6 Å². The van der Waals surface area contributed by atoms with E-state index in [1.54, 1.807) is 43.3 Å². The molecule has 0 saturated heterocycles. The van der Waals surface area contributed by atoms with Gasteiger partial charge in [-0.2, -0.15) is 4.98 Å². The Hall–Kier alpha value is -3.24. The van der Waals surface area contributed by atoms with Crippen molar-refractivity contribution in [3.63, 3.8) is 0 Å². The molecule has 0 radical (unpaired) electrons. The van der Waals surface area contributed by atoms with Gasteiger partial charge in [0, 0.05) is 12.0 Å². The highest BCUT2D eigenvalue weighted by molar-refractivity contribution is 7.92. The smallest absolute Gasteiger partial charge is 0.229 e. The third-order valence-corrected chi connectivity index (χ3v) is 5.00. The second-order valence-electron chi connectivity index (χ2n) is 6.53. The van der Waals surface area contributed by atoms with Gasteiger partial charge in [0.25, 0.3) is 0 Å². The number of benzene rings is 2. The molecule has 3 N–H and O–H groups in total. The minimum atomic E-state index is -3.54. The summed E-state index contributed by atoms with van der Waals surface area (Å²) >= 11 is 6.19. The maximum Gasteiger partial charge on any atom is 0.229 e. The summed E-state index contributed by atoms with van der Waals surface area (Å²) < 4.78 is 39.8. The molecular formula is C20H19ClFN5O3S. The van der Waals surface area contributed by atoms with Gasteiger partial charge in [-0.05, 0) is 30.3 Å². The lowest BCUT2D eigenvalue weighted by atomic mass is 10.1. The van der Waals surface area contributed by atoms with Gasteiger partial charge in [0.1, 0.15) is 0 Å². The summed E-state index contributed by atoms with van der Waals surface area (Å²) in [6, 6.07) is 11.1. The maximum atomic E-state index is 14.3. The van der Waals surface area contributed by atoms with Crippen molar-refractivity contribution in [3.05, 3.63) is 65.1 Å². The summed E-state index contributed by atoms with van der Waals surface area (Å²) in [7, 11) is -3.54. The first-order chi connectivity index (χ1) is 14.7. The van der Waals surface area contributed by atoms with Gasteiger partial charge < -0.3 is 10.6 Å². The number of ketones is 1. The zero-order valence-electron chi connectivity index (χ0n) is 16.6. The molecule has 1 aromatic heterocycles. The van der Waals surface area contributed by atoms with Gasteiger partial charge in [0.2, 0.25) is 16.0 Å². The normalized spacial score (nSPS) is 11.1. The van der Waals surface area contributed by atoms with Crippen molar-refractivity contribution in [1.82, 2.24) is 9.97 Å². The minimum absolute atomic E-state index is 0.0282. The number of halogens is 2. The highest BCUT2D eigenvalue weighted by Gasteiger charge is 2.13. The lowest BCUT2D eigenvalue weighted by Gasteiger charge is -2.14. The number of carbonyl (C=O) groups is 1. The first kappa shape index (κ1) is 22.4. The monoisotopic (exact) mass is 463 g/mol. The zero-order valence-corrected chi connectivity index (χ0v) is 18.2. The van der Waals surface area contributed by atoms with Crippen molar-refractivity contribution in [2.45, 2.75) is 13.3 Å². The highest BCUT2D eigenvalue weighted by atomic mass is 35.5. The Balaban J connectivity index is 1.90.